The van der Waals surface area contributed by atoms with Crippen LogP contribution in [-0.2, 0) is 6.42 Å². The minimum absolute atomic E-state index is 0.246. The van der Waals surface area contributed by atoms with E-state index in [0.717, 1.165) is 30.1 Å². The minimum atomic E-state index is 0.246. The first-order chi connectivity index (χ1) is 10.1. The molecule has 0 radical (unpaired) electrons. The van der Waals surface area contributed by atoms with Crippen molar-refractivity contribution < 1.29 is 0 Å². The van der Waals surface area contributed by atoms with Gasteiger partial charge < -0.3 is 5.32 Å². The molecule has 0 amide bonds. The number of hydrogen-bond acceptors (Lipinski definition) is 2. The van der Waals surface area contributed by atoms with E-state index in [1.54, 1.807) is 0 Å². The molecule has 0 aliphatic carbocycles. The van der Waals surface area contributed by atoms with Crippen LogP contribution in [0.3, 0.4) is 0 Å². The second-order valence-electron chi connectivity index (χ2n) is 5.54. The van der Waals surface area contributed by atoms with E-state index < -0.39 is 0 Å². The zero-order valence-corrected chi connectivity index (χ0v) is 13.7. The van der Waals surface area contributed by atoms with Crippen molar-refractivity contribution >= 4 is 11.6 Å². The van der Waals surface area contributed by atoms with Gasteiger partial charge in [-0.2, -0.15) is 0 Å². The largest absolute Gasteiger partial charge is 0.310 e. The zero-order chi connectivity index (χ0) is 15.2. The third kappa shape index (κ3) is 4.55. The van der Waals surface area contributed by atoms with Gasteiger partial charge in [0.05, 0.1) is 0 Å². The standard InChI is InChI=1S/C18H23ClN2/c1-4-7-20-18(12-17-14(3)6-5-8-21-17)15-9-13(2)10-16(19)11-15/h5-6,8-11,18,20H,4,7,12H2,1-3H3. The Morgan fingerprint density at radius 1 is 1.24 bits per heavy atom. The number of aromatic nitrogens is 1. The van der Waals surface area contributed by atoms with Gasteiger partial charge in [-0.3, -0.25) is 4.98 Å². The number of pyridine rings is 1. The Hall–Kier alpha value is -1.38. The predicted octanol–water partition coefficient (Wildman–Crippen LogP) is 4.64. The molecule has 1 aromatic heterocycles. The van der Waals surface area contributed by atoms with E-state index in [2.05, 4.69) is 49.3 Å². The molecule has 2 aromatic rings. The number of rotatable bonds is 6. The Morgan fingerprint density at radius 2 is 2.05 bits per heavy atom. The van der Waals surface area contributed by atoms with Gasteiger partial charge in [0, 0.05) is 29.4 Å². The van der Waals surface area contributed by atoms with Crippen LogP contribution in [-0.4, -0.2) is 11.5 Å². The quantitative estimate of drug-likeness (QED) is 0.841. The Kier molecular flexibility index (Phi) is 5.77. The SMILES string of the molecule is CCCNC(Cc1ncccc1C)c1cc(C)cc(Cl)c1. The topological polar surface area (TPSA) is 24.9 Å². The van der Waals surface area contributed by atoms with Crippen LogP contribution in [0.4, 0.5) is 0 Å². The maximum absolute atomic E-state index is 6.22. The number of nitrogens with one attached hydrogen (secondary N) is 1. The summed E-state index contributed by atoms with van der Waals surface area (Å²) in [6, 6.07) is 10.6. The summed E-state index contributed by atoms with van der Waals surface area (Å²) in [6.45, 7) is 7.36. The molecule has 3 heteroatoms. The van der Waals surface area contributed by atoms with E-state index in [9.17, 15) is 0 Å². The predicted molar refractivity (Wildman–Crippen MR) is 89.9 cm³/mol. The van der Waals surface area contributed by atoms with Crippen LogP contribution in [0.5, 0.6) is 0 Å². The van der Waals surface area contributed by atoms with E-state index in [1.807, 2.05) is 18.3 Å². The highest BCUT2D eigenvalue weighted by Crippen LogP contribution is 2.24. The number of halogens is 1. The Labute approximate surface area is 132 Å². The van der Waals surface area contributed by atoms with Crippen LogP contribution in [0.15, 0.2) is 36.5 Å². The molecule has 1 unspecified atom stereocenters. The van der Waals surface area contributed by atoms with Crippen LogP contribution in [0, 0.1) is 13.8 Å². The summed E-state index contributed by atoms with van der Waals surface area (Å²) in [5.41, 5.74) is 4.81. The maximum Gasteiger partial charge on any atom is 0.0451 e. The van der Waals surface area contributed by atoms with Gasteiger partial charge in [0.25, 0.3) is 0 Å². The molecule has 0 fully saturated rings. The van der Waals surface area contributed by atoms with Crippen LogP contribution in [0.2, 0.25) is 5.02 Å². The summed E-state index contributed by atoms with van der Waals surface area (Å²) in [5.74, 6) is 0. The highest BCUT2D eigenvalue weighted by atomic mass is 35.5. The van der Waals surface area contributed by atoms with Crippen LogP contribution in [0.1, 0.15) is 41.8 Å². The lowest BCUT2D eigenvalue weighted by Gasteiger charge is -2.20. The van der Waals surface area contributed by atoms with Crippen LogP contribution < -0.4 is 5.32 Å². The average Bonchev–Trinajstić information content (AvgIpc) is 2.44. The molecular weight excluding hydrogens is 280 g/mol. The minimum Gasteiger partial charge on any atom is -0.310 e. The summed E-state index contributed by atoms with van der Waals surface area (Å²) in [4.78, 5) is 4.52. The fraction of sp³-hybridized carbons (Fsp3) is 0.389. The second kappa shape index (κ2) is 7.58. The molecule has 0 aliphatic heterocycles. The van der Waals surface area contributed by atoms with Gasteiger partial charge in [0.1, 0.15) is 0 Å². The average molecular weight is 303 g/mol. The summed E-state index contributed by atoms with van der Waals surface area (Å²) in [6.07, 6.45) is 3.85. The smallest absolute Gasteiger partial charge is 0.0451 e. The monoisotopic (exact) mass is 302 g/mol. The van der Waals surface area contributed by atoms with Crippen molar-refractivity contribution in [2.75, 3.05) is 6.54 Å². The molecular formula is C18H23ClN2. The lowest BCUT2D eigenvalue weighted by atomic mass is 9.98. The van der Waals surface area contributed by atoms with E-state index in [0.29, 0.717) is 0 Å². The van der Waals surface area contributed by atoms with Crippen LogP contribution >= 0.6 is 11.6 Å². The van der Waals surface area contributed by atoms with Gasteiger partial charge in [-0.15, -0.1) is 0 Å². The van der Waals surface area contributed by atoms with E-state index in [4.69, 9.17) is 11.6 Å². The lowest BCUT2D eigenvalue weighted by molar-refractivity contribution is 0.523. The molecule has 2 rings (SSSR count). The van der Waals surface area contributed by atoms with Crippen molar-refractivity contribution in [1.29, 1.82) is 0 Å². The Balaban J connectivity index is 2.27. The molecule has 0 aliphatic rings. The van der Waals surface area contributed by atoms with Crippen molar-refractivity contribution in [2.45, 2.75) is 39.7 Å². The van der Waals surface area contributed by atoms with Crippen molar-refractivity contribution in [3.05, 3.63) is 63.9 Å². The van der Waals surface area contributed by atoms with E-state index >= 15 is 0 Å². The van der Waals surface area contributed by atoms with Gasteiger partial charge in [0.15, 0.2) is 0 Å². The highest BCUT2D eigenvalue weighted by Gasteiger charge is 2.14. The Bertz CT molecular complexity index is 575. The van der Waals surface area contributed by atoms with Gasteiger partial charge >= 0.3 is 0 Å². The lowest BCUT2D eigenvalue weighted by Crippen LogP contribution is -2.24. The first-order valence-corrected chi connectivity index (χ1v) is 7.89. The van der Waals surface area contributed by atoms with E-state index in [-0.39, 0.29) is 6.04 Å². The number of hydrogen-bond donors (Lipinski definition) is 1. The normalized spacial score (nSPS) is 12.4. The zero-order valence-electron chi connectivity index (χ0n) is 13.0. The molecule has 21 heavy (non-hydrogen) atoms. The van der Waals surface area contributed by atoms with E-state index in [1.165, 1.54) is 16.7 Å². The van der Waals surface area contributed by atoms with Crippen molar-refractivity contribution in [3.8, 4) is 0 Å². The number of aryl methyl sites for hydroxylation is 2. The molecule has 0 saturated carbocycles. The molecule has 0 bridgehead atoms. The first-order valence-electron chi connectivity index (χ1n) is 7.51. The molecule has 2 nitrogen and oxygen atoms in total. The molecule has 0 spiro atoms. The molecule has 112 valence electrons. The summed E-state index contributed by atoms with van der Waals surface area (Å²) >= 11 is 6.22. The van der Waals surface area contributed by atoms with Crippen molar-refractivity contribution in [3.63, 3.8) is 0 Å². The van der Waals surface area contributed by atoms with Crippen molar-refractivity contribution in [2.24, 2.45) is 0 Å². The second-order valence-corrected chi connectivity index (χ2v) is 5.98. The first kappa shape index (κ1) is 16.0. The van der Waals surface area contributed by atoms with Crippen LogP contribution in [0.25, 0.3) is 0 Å². The van der Waals surface area contributed by atoms with Gasteiger partial charge in [-0.1, -0.05) is 30.7 Å². The summed E-state index contributed by atoms with van der Waals surface area (Å²) in [7, 11) is 0. The molecule has 1 N–H and O–H groups in total. The molecule has 1 aromatic carbocycles. The number of benzene rings is 1. The highest BCUT2D eigenvalue weighted by molar-refractivity contribution is 6.30. The molecule has 0 saturated heterocycles. The van der Waals surface area contributed by atoms with Gasteiger partial charge in [0.2, 0.25) is 0 Å². The fourth-order valence-corrected chi connectivity index (χ4v) is 2.82. The number of nitrogens with zero attached hydrogens (tertiary/aromatic N) is 1. The fourth-order valence-electron chi connectivity index (χ4n) is 2.52. The molecule has 1 heterocycles. The third-order valence-corrected chi connectivity index (χ3v) is 3.84. The maximum atomic E-state index is 6.22. The van der Waals surface area contributed by atoms with Crippen molar-refractivity contribution in [1.82, 2.24) is 10.3 Å². The third-order valence-electron chi connectivity index (χ3n) is 3.62. The Morgan fingerprint density at radius 3 is 2.71 bits per heavy atom. The van der Waals surface area contributed by atoms with Gasteiger partial charge in [-0.25, -0.2) is 0 Å². The summed E-state index contributed by atoms with van der Waals surface area (Å²) in [5, 5.41) is 4.41. The summed E-state index contributed by atoms with van der Waals surface area (Å²) < 4.78 is 0. The molecule has 1 atom stereocenters. The van der Waals surface area contributed by atoms with Gasteiger partial charge in [-0.05, 0) is 61.7 Å².